The molecule has 2 atom stereocenters. The summed E-state index contributed by atoms with van der Waals surface area (Å²) in [6, 6.07) is 22.6. The topological polar surface area (TPSA) is 87.7 Å². The predicted octanol–water partition coefficient (Wildman–Crippen LogP) is 5.48. The zero-order chi connectivity index (χ0) is 25.8. The molecule has 7 heteroatoms. The van der Waals surface area contributed by atoms with Gasteiger partial charge in [-0.2, -0.15) is 0 Å². The zero-order valence-corrected chi connectivity index (χ0v) is 20.9. The minimum atomic E-state index is -0.322. The highest BCUT2D eigenvalue weighted by atomic mass is 16.5. The Hall–Kier alpha value is -4.13. The predicted molar refractivity (Wildman–Crippen MR) is 144 cm³/mol. The molecule has 3 aromatic carbocycles. The summed E-state index contributed by atoms with van der Waals surface area (Å²) >= 11 is 0. The van der Waals surface area contributed by atoms with Crippen LogP contribution in [0.15, 0.2) is 72.8 Å². The first-order valence-corrected chi connectivity index (χ1v) is 12.8. The lowest BCUT2D eigenvalue weighted by atomic mass is 9.83. The third-order valence-corrected chi connectivity index (χ3v) is 7.25. The van der Waals surface area contributed by atoms with Crippen LogP contribution in [0.3, 0.4) is 0 Å². The summed E-state index contributed by atoms with van der Waals surface area (Å²) in [7, 11) is 0. The smallest absolute Gasteiger partial charge is 0.323 e. The fraction of sp³-hybridized carbons (Fsp3) is 0.300. The number of urea groups is 1. The number of ether oxygens (including phenoxy) is 1. The maximum absolute atomic E-state index is 13.7. The van der Waals surface area contributed by atoms with Crippen molar-refractivity contribution in [3.8, 4) is 0 Å². The fourth-order valence-electron chi connectivity index (χ4n) is 5.33. The van der Waals surface area contributed by atoms with E-state index >= 15 is 0 Å². The summed E-state index contributed by atoms with van der Waals surface area (Å²) < 4.78 is 5.16. The summed E-state index contributed by atoms with van der Waals surface area (Å²) in [5.74, 6) is -0.0805. The van der Waals surface area contributed by atoms with Crippen LogP contribution < -0.4 is 15.5 Å². The van der Waals surface area contributed by atoms with Gasteiger partial charge in [0.25, 0.3) is 0 Å². The molecule has 0 radical (unpaired) electrons. The second kappa shape index (κ2) is 10.9. The van der Waals surface area contributed by atoms with Crippen molar-refractivity contribution in [2.24, 2.45) is 5.92 Å². The number of para-hydroxylation sites is 2. The molecule has 3 amide bonds. The molecule has 0 aliphatic carbocycles. The van der Waals surface area contributed by atoms with Gasteiger partial charge in [-0.25, -0.2) is 4.79 Å². The summed E-state index contributed by atoms with van der Waals surface area (Å²) in [6.07, 6.45) is 3.08. The number of aryl methyl sites for hydroxylation is 2. The summed E-state index contributed by atoms with van der Waals surface area (Å²) in [5, 5.41) is 5.69. The Morgan fingerprint density at radius 3 is 2.49 bits per heavy atom. The van der Waals surface area contributed by atoms with E-state index in [4.69, 9.17) is 4.74 Å². The van der Waals surface area contributed by atoms with Crippen LogP contribution in [-0.4, -0.2) is 30.6 Å². The summed E-state index contributed by atoms with van der Waals surface area (Å²) in [4.78, 5) is 40.0. The first-order chi connectivity index (χ1) is 18.0. The second-order valence-corrected chi connectivity index (χ2v) is 9.74. The van der Waals surface area contributed by atoms with Crippen LogP contribution >= 0.6 is 0 Å². The van der Waals surface area contributed by atoms with Crippen molar-refractivity contribution in [2.75, 3.05) is 22.1 Å². The Kier molecular flexibility index (Phi) is 7.21. The van der Waals surface area contributed by atoms with Crippen molar-refractivity contribution in [3.63, 3.8) is 0 Å². The number of anilines is 3. The van der Waals surface area contributed by atoms with E-state index in [0.29, 0.717) is 18.7 Å². The van der Waals surface area contributed by atoms with Crippen LogP contribution in [0.4, 0.5) is 21.9 Å². The van der Waals surface area contributed by atoms with Gasteiger partial charge >= 0.3 is 12.0 Å². The van der Waals surface area contributed by atoms with Gasteiger partial charge in [-0.05, 0) is 73.1 Å². The number of benzene rings is 3. The Labute approximate surface area is 216 Å². The Morgan fingerprint density at radius 1 is 0.946 bits per heavy atom. The third kappa shape index (κ3) is 5.66. The molecule has 0 spiro atoms. The monoisotopic (exact) mass is 497 g/mol. The Bertz CT molecular complexity index is 1300. The first-order valence-electron chi connectivity index (χ1n) is 12.8. The van der Waals surface area contributed by atoms with E-state index < -0.39 is 0 Å². The highest BCUT2D eigenvalue weighted by molar-refractivity contribution is 6.00. The number of fused-ring (bicyclic) bond motifs is 1. The lowest BCUT2D eigenvalue weighted by Gasteiger charge is -2.42. The quantitative estimate of drug-likeness (QED) is 0.457. The second-order valence-electron chi connectivity index (χ2n) is 9.74. The Balaban J connectivity index is 1.28. The maximum Gasteiger partial charge on any atom is 0.323 e. The van der Waals surface area contributed by atoms with Gasteiger partial charge in [0, 0.05) is 23.1 Å². The van der Waals surface area contributed by atoms with Gasteiger partial charge in [0.05, 0.1) is 19.4 Å². The van der Waals surface area contributed by atoms with Crippen molar-refractivity contribution < 1.29 is 19.1 Å². The van der Waals surface area contributed by atoms with Crippen molar-refractivity contribution in [1.82, 2.24) is 0 Å². The van der Waals surface area contributed by atoms with Gasteiger partial charge in [0.1, 0.15) is 0 Å². The standard InChI is InChI=1S/C30H31N3O4/c1-20-6-2-4-8-25(20)32-30(36)31-24-13-10-21(11-14-24)18-28(34)33-26-9-5-3-7-22(26)12-15-27(33)23-16-17-37-29(35)19-23/h2-11,13-14,23,27H,12,15-19H2,1H3,(H2,31,32,36). The number of nitrogens with one attached hydrogen (secondary N) is 2. The highest BCUT2D eigenvalue weighted by Crippen LogP contribution is 2.37. The van der Waals surface area contributed by atoms with Gasteiger partial charge < -0.3 is 20.3 Å². The number of carbonyl (C=O) groups excluding carboxylic acids is 3. The molecule has 190 valence electrons. The van der Waals surface area contributed by atoms with Gasteiger partial charge in [0.15, 0.2) is 0 Å². The van der Waals surface area contributed by atoms with Crippen LogP contribution in [0.1, 0.15) is 36.0 Å². The minimum absolute atomic E-state index is 0.00842. The molecular formula is C30H31N3O4. The van der Waals surface area contributed by atoms with Gasteiger partial charge in [0.2, 0.25) is 5.91 Å². The Morgan fingerprint density at radius 2 is 1.70 bits per heavy atom. The number of hydrogen-bond acceptors (Lipinski definition) is 4. The number of esters is 1. The molecule has 2 aliphatic heterocycles. The van der Waals surface area contributed by atoms with E-state index in [1.807, 2.05) is 66.4 Å². The molecule has 1 fully saturated rings. The number of hydrogen-bond donors (Lipinski definition) is 2. The zero-order valence-electron chi connectivity index (χ0n) is 20.9. The number of cyclic esters (lactones) is 1. The van der Waals surface area contributed by atoms with E-state index in [0.717, 1.165) is 47.3 Å². The number of nitrogens with zero attached hydrogens (tertiary/aromatic N) is 1. The molecule has 5 rings (SSSR count). The van der Waals surface area contributed by atoms with Crippen LogP contribution in [0.25, 0.3) is 0 Å². The molecule has 7 nitrogen and oxygen atoms in total. The van der Waals surface area contributed by atoms with Crippen LogP contribution in [0.5, 0.6) is 0 Å². The van der Waals surface area contributed by atoms with E-state index in [1.54, 1.807) is 12.1 Å². The van der Waals surface area contributed by atoms with E-state index in [2.05, 4.69) is 16.7 Å². The molecule has 2 unspecified atom stereocenters. The molecule has 1 saturated heterocycles. The van der Waals surface area contributed by atoms with Crippen LogP contribution in [0.2, 0.25) is 0 Å². The normalized spacial score (nSPS) is 18.9. The van der Waals surface area contributed by atoms with Crippen molar-refractivity contribution >= 4 is 35.0 Å². The molecule has 0 bridgehead atoms. The van der Waals surface area contributed by atoms with E-state index in [-0.39, 0.29) is 36.3 Å². The fourth-order valence-corrected chi connectivity index (χ4v) is 5.33. The average Bonchev–Trinajstić information content (AvgIpc) is 2.90. The largest absolute Gasteiger partial charge is 0.466 e. The number of rotatable bonds is 5. The van der Waals surface area contributed by atoms with Gasteiger partial charge in [-0.3, -0.25) is 9.59 Å². The number of carbonyl (C=O) groups is 3. The maximum atomic E-state index is 13.7. The lowest BCUT2D eigenvalue weighted by molar-refractivity contribution is -0.149. The van der Waals surface area contributed by atoms with E-state index in [1.165, 1.54) is 0 Å². The molecular weight excluding hydrogens is 466 g/mol. The molecule has 0 saturated carbocycles. The van der Waals surface area contributed by atoms with Crippen LogP contribution in [0, 0.1) is 12.8 Å². The SMILES string of the molecule is Cc1ccccc1NC(=O)Nc1ccc(CC(=O)N2c3ccccc3CCC2C2CCOC(=O)C2)cc1. The molecule has 2 N–H and O–H groups in total. The van der Waals surface area contributed by atoms with Gasteiger partial charge in [-0.1, -0.05) is 48.5 Å². The van der Waals surface area contributed by atoms with Crippen molar-refractivity contribution in [2.45, 2.75) is 45.1 Å². The molecule has 37 heavy (non-hydrogen) atoms. The van der Waals surface area contributed by atoms with Crippen molar-refractivity contribution in [1.29, 1.82) is 0 Å². The summed E-state index contributed by atoms with van der Waals surface area (Å²) in [5.41, 5.74) is 5.33. The average molecular weight is 498 g/mol. The lowest BCUT2D eigenvalue weighted by Crippen LogP contribution is -2.50. The van der Waals surface area contributed by atoms with Gasteiger partial charge in [-0.15, -0.1) is 0 Å². The van der Waals surface area contributed by atoms with E-state index in [9.17, 15) is 14.4 Å². The molecule has 2 heterocycles. The van der Waals surface area contributed by atoms with Crippen LogP contribution in [-0.2, 0) is 27.2 Å². The third-order valence-electron chi connectivity index (χ3n) is 7.25. The molecule has 2 aliphatic rings. The highest BCUT2D eigenvalue weighted by Gasteiger charge is 2.38. The number of amides is 3. The first kappa shape index (κ1) is 24.6. The molecule has 0 aromatic heterocycles. The minimum Gasteiger partial charge on any atom is -0.466 e. The molecule has 3 aromatic rings. The van der Waals surface area contributed by atoms with Crippen molar-refractivity contribution in [3.05, 3.63) is 89.5 Å². The summed E-state index contributed by atoms with van der Waals surface area (Å²) in [6.45, 7) is 2.35.